The summed E-state index contributed by atoms with van der Waals surface area (Å²) in [7, 11) is -0.690. The maximum atomic E-state index is 12.1. The average Bonchev–Trinajstić information content (AvgIpc) is 3.08. The average molecular weight is 467 g/mol. The normalized spacial score (nSPS) is 22.5. The number of hydrogen-bond acceptors (Lipinski definition) is 3. The molecular formula is C16H30IN5OS. The second-order valence-electron chi connectivity index (χ2n) is 5.83. The Hall–Kier alpha value is -0.640. The van der Waals surface area contributed by atoms with Crippen molar-refractivity contribution in [1.29, 1.82) is 0 Å². The molecule has 24 heavy (non-hydrogen) atoms. The molecule has 2 N–H and O–H groups in total. The lowest BCUT2D eigenvalue weighted by atomic mass is 9.95. The molecule has 0 bridgehead atoms. The van der Waals surface area contributed by atoms with Crippen LogP contribution in [-0.4, -0.2) is 50.1 Å². The fraction of sp³-hybridized carbons (Fsp3) is 0.750. The van der Waals surface area contributed by atoms with Crippen LogP contribution in [-0.2, 0) is 17.3 Å². The number of guanidine groups is 1. The highest BCUT2D eigenvalue weighted by Crippen LogP contribution is 2.22. The van der Waals surface area contributed by atoms with Crippen LogP contribution in [0.25, 0.3) is 0 Å². The standard InChI is InChI=1S/C16H29N5OS.HI/c1-3-17-16(18-10-12-21-11-6-9-19-21)20-14-7-5-8-15(13-14)23(22)4-2;/h6,9,11,14-15H,3-5,7-8,10,12-13H2,1-2H3,(H2,17,18,20);1H. The topological polar surface area (TPSA) is 71.3 Å². The van der Waals surface area contributed by atoms with E-state index in [2.05, 4.69) is 27.6 Å². The fourth-order valence-electron chi connectivity index (χ4n) is 2.96. The van der Waals surface area contributed by atoms with Gasteiger partial charge in [-0.25, -0.2) is 0 Å². The summed E-state index contributed by atoms with van der Waals surface area (Å²) in [5.41, 5.74) is 0. The summed E-state index contributed by atoms with van der Waals surface area (Å²) in [5.74, 6) is 1.61. The van der Waals surface area contributed by atoms with E-state index in [0.29, 0.717) is 17.8 Å². The van der Waals surface area contributed by atoms with Gasteiger partial charge < -0.3 is 10.6 Å². The first-order valence-corrected chi connectivity index (χ1v) is 10.0. The number of hydrogen-bond donors (Lipinski definition) is 2. The van der Waals surface area contributed by atoms with Crippen molar-refractivity contribution < 1.29 is 4.21 Å². The lowest BCUT2D eigenvalue weighted by Crippen LogP contribution is -2.46. The zero-order valence-electron chi connectivity index (χ0n) is 14.6. The van der Waals surface area contributed by atoms with Crippen molar-refractivity contribution in [2.45, 2.75) is 57.4 Å². The first-order valence-electron chi connectivity index (χ1n) is 8.62. The zero-order valence-corrected chi connectivity index (χ0v) is 17.8. The fourth-order valence-corrected chi connectivity index (χ4v) is 4.31. The van der Waals surface area contributed by atoms with Crippen molar-refractivity contribution in [3.8, 4) is 0 Å². The number of nitrogens with one attached hydrogen (secondary N) is 2. The first kappa shape index (κ1) is 21.4. The smallest absolute Gasteiger partial charge is 0.191 e. The monoisotopic (exact) mass is 467 g/mol. The number of nitrogens with zero attached hydrogens (tertiary/aromatic N) is 3. The van der Waals surface area contributed by atoms with Crippen LogP contribution in [0.1, 0.15) is 39.5 Å². The van der Waals surface area contributed by atoms with Gasteiger partial charge in [0.2, 0.25) is 0 Å². The van der Waals surface area contributed by atoms with Crippen molar-refractivity contribution in [2.75, 3.05) is 18.8 Å². The van der Waals surface area contributed by atoms with Gasteiger partial charge in [0.25, 0.3) is 0 Å². The molecule has 0 aromatic carbocycles. The Morgan fingerprint density at radius 3 is 2.92 bits per heavy atom. The molecule has 1 aromatic rings. The van der Waals surface area contributed by atoms with Crippen LogP contribution in [0.5, 0.6) is 0 Å². The summed E-state index contributed by atoms with van der Waals surface area (Å²) >= 11 is 0. The van der Waals surface area contributed by atoms with Crippen LogP contribution < -0.4 is 10.6 Å². The molecule has 8 heteroatoms. The van der Waals surface area contributed by atoms with E-state index in [1.807, 2.05) is 23.9 Å². The van der Waals surface area contributed by atoms with Gasteiger partial charge in [0.05, 0.1) is 13.1 Å². The van der Waals surface area contributed by atoms with Crippen molar-refractivity contribution in [3.63, 3.8) is 0 Å². The predicted molar refractivity (Wildman–Crippen MR) is 111 cm³/mol. The van der Waals surface area contributed by atoms with E-state index in [4.69, 9.17) is 0 Å². The zero-order chi connectivity index (χ0) is 16.5. The Bertz CT molecular complexity index is 509. The van der Waals surface area contributed by atoms with Crippen molar-refractivity contribution >= 4 is 40.7 Å². The molecule has 1 saturated carbocycles. The molecule has 0 amide bonds. The van der Waals surface area contributed by atoms with E-state index in [-0.39, 0.29) is 24.0 Å². The van der Waals surface area contributed by atoms with Crippen LogP contribution in [0.2, 0.25) is 0 Å². The summed E-state index contributed by atoms with van der Waals surface area (Å²) in [6.45, 7) is 6.38. The quantitative estimate of drug-likeness (QED) is 0.366. The third-order valence-corrected chi connectivity index (χ3v) is 5.87. The van der Waals surface area contributed by atoms with E-state index < -0.39 is 10.8 Å². The largest absolute Gasteiger partial charge is 0.357 e. The lowest BCUT2D eigenvalue weighted by Gasteiger charge is -2.30. The number of halogens is 1. The highest BCUT2D eigenvalue weighted by atomic mass is 127. The summed E-state index contributed by atoms with van der Waals surface area (Å²) in [4.78, 5) is 4.63. The van der Waals surface area contributed by atoms with Crippen LogP contribution in [0.3, 0.4) is 0 Å². The van der Waals surface area contributed by atoms with E-state index in [9.17, 15) is 4.21 Å². The Morgan fingerprint density at radius 2 is 2.25 bits per heavy atom. The summed E-state index contributed by atoms with van der Waals surface area (Å²) in [6, 6.07) is 2.29. The van der Waals surface area contributed by atoms with Gasteiger partial charge in [0.15, 0.2) is 5.96 Å². The van der Waals surface area contributed by atoms with Crippen molar-refractivity contribution in [1.82, 2.24) is 20.4 Å². The highest BCUT2D eigenvalue weighted by molar-refractivity contribution is 14.0. The molecule has 0 spiro atoms. The van der Waals surface area contributed by atoms with Gasteiger partial charge in [-0.15, -0.1) is 24.0 Å². The second kappa shape index (κ2) is 11.8. The van der Waals surface area contributed by atoms with E-state index >= 15 is 0 Å². The highest BCUT2D eigenvalue weighted by Gasteiger charge is 2.25. The first-order chi connectivity index (χ1) is 11.2. The minimum atomic E-state index is -0.690. The molecular weight excluding hydrogens is 437 g/mol. The molecule has 138 valence electrons. The van der Waals surface area contributed by atoms with E-state index in [1.165, 1.54) is 0 Å². The van der Waals surface area contributed by atoms with Crippen LogP contribution in [0.4, 0.5) is 0 Å². The molecule has 3 unspecified atom stereocenters. The third kappa shape index (κ3) is 7.08. The van der Waals surface area contributed by atoms with Crippen molar-refractivity contribution in [2.24, 2.45) is 4.99 Å². The maximum Gasteiger partial charge on any atom is 0.191 e. The molecule has 0 saturated heterocycles. The van der Waals surface area contributed by atoms with Crippen LogP contribution in [0.15, 0.2) is 23.5 Å². The number of aromatic nitrogens is 2. The molecule has 1 fully saturated rings. The van der Waals surface area contributed by atoms with E-state index in [0.717, 1.165) is 50.5 Å². The SMILES string of the molecule is CCNC(=NCCn1cccn1)NC1CCCC(S(=O)CC)C1.I. The molecule has 2 rings (SSSR count). The van der Waals surface area contributed by atoms with Gasteiger partial charge >= 0.3 is 0 Å². The Morgan fingerprint density at radius 1 is 1.42 bits per heavy atom. The van der Waals surface area contributed by atoms with Gasteiger partial charge in [0, 0.05) is 46.8 Å². The molecule has 1 aliphatic rings. The summed E-state index contributed by atoms with van der Waals surface area (Å²) < 4.78 is 13.9. The third-order valence-electron chi connectivity index (χ3n) is 4.13. The second-order valence-corrected chi connectivity index (χ2v) is 7.83. The molecule has 1 aliphatic carbocycles. The van der Waals surface area contributed by atoms with Gasteiger partial charge in [-0.3, -0.25) is 13.9 Å². The van der Waals surface area contributed by atoms with Gasteiger partial charge in [0.1, 0.15) is 0 Å². The van der Waals surface area contributed by atoms with E-state index in [1.54, 1.807) is 6.20 Å². The number of aliphatic imine (C=N–C) groups is 1. The molecule has 1 aromatic heterocycles. The minimum absolute atomic E-state index is 0. The Labute approximate surface area is 164 Å². The van der Waals surface area contributed by atoms with Gasteiger partial charge in [-0.05, 0) is 32.3 Å². The molecule has 0 radical (unpaired) electrons. The molecule has 6 nitrogen and oxygen atoms in total. The maximum absolute atomic E-state index is 12.1. The van der Waals surface area contributed by atoms with Gasteiger partial charge in [-0.1, -0.05) is 13.3 Å². The molecule has 0 aliphatic heterocycles. The van der Waals surface area contributed by atoms with Crippen LogP contribution in [0, 0.1) is 0 Å². The molecule has 1 heterocycles. The summed E-state index contributed by atoms with van der Waals surface area (Å²) in [6.07, 6.45) is 8.06. The number of rotatable bonds is 7. The van der Waals surface area contributed by atoms with Crippen molar-refractivity contribution in [3.05, 3.63) is 18.5 Å². The Balaban J connectivity index is 0.00000288. The Kier molecular flexibility index (Phi) is 10.6. The van der Waals surface area contributed by atoms with Gasteiger partial charge in [-0.2, -0.15) is 5.10 Å². The molecule has 3 atom stereocenters. The lowest BCUT2D eigenvalue weighted by molar-refractivity contribution is 0.413. The predicted octanol–water partition coefficient (Wildman–Crippen LogP) is 2.14. The van der Waals surface area contributed by atoms with Crippen LogP contribution >= 0.6 is 24.0 Å². The minimum Gasteiger partial charge on any atom is -0.357 e. The summed E-state index contributed by atoms with van der Waals surface area (Å²) in [5, 5.41) is 11.3.